The van der Waals surface area contributed by atoms with Crippen molar-refractivity contribution in [1.82, 2.24) is 29.4 Å². The lowest BCUT2D eigenvalue weighted by Crippen LogP contribution is -2.38. The predicted octanol–water partition coefficient (Wildman–Crippen LogP) is 6.45. The Morgan fingerprint density at radius 2 is 0.977 bits per heavy atom. The number of likely N-dealkylation sites (tertiary alicyclic amines) is 2. The maximum absolute atomic E-state index is 12.5. The number of sulfone groups is 2. The summed E-state index contributed by atoms with van der Waals surface area (Å²) in [5, 5.41) is 25.3. The van der Waals surface area contributed by atoms with Crippen LogP contribution in [0.15, 0.2) is 145 Å². The lowest BCUT2D eigenvalue weighted by atomic mass is 10.1. The number of piperidine rings is 2. The summed E-state index contributed by atoms with van der Waals surface area (Å²) in [6, 6.07) is 17.8. The number of amides is 6. The van der Waals surface area contributed by atoms with Crippen molar-refractivity contribution in [1.29, 1.82) is 5.26 Å². The third-order valence-corrected chi connectivity index (χ3v) is 15.3. The van der Waals surface area contributed by atoms with Gasteiger partial charge in [0.15, 0.2) is 19.7 Å². The first-order valence-corrected chi connectivity index (χ1v) is 30.6. The zero-order chi connectivity index (χ0) is 65.7. The second-order valence-electron chi connectivity index (χ2n) is 18.6. The van der Waals surface area contributed by atoms with Crippen LogP contribution in [0.3, 0.4) is 0 Å². The second kappa shape index (κ2) is 46.5. The van der Waals surface area contributed by atoms with E-state index in [9.17, 15) is 63.2 Å². The molecular formula is C60H84F4N8O12S2. The van der Waals surface area contributed by atoms with Gasteiger partial charge in [-0.15, -0.1) is 0 Å². The van der Waals surface area contributed by atoms with Crippen molar-refractivity contribution >= 4 is 55.1 Å². The number of halogens is 4. The Morgan fingerprint density at radius 3 is 1.30 bits per heavy atom. The number of aliphatic hydroxyl groups is 2. The Morgan fingerprint density at radius 1 is 0.593 bits per heavy atom. The fourth-order valence-electron chi connectivity index (χ4n) is 7.38. The topological polar surface area (TPSA) is 259 Å². The van der Waals surface area contributed by atoms with Gasteiger partial charge >= 0.3 is 0 Å². The van der Waals surface area contributed by atoms with E-state index in [0.717, 1.165) is 64.0 Å². The molecule has 6 amide bonds. The van der Waals surface area contributed by atoms with E-state index in [1.165, 1.54) is 70.9 Å². The Balaban J connectivity index is 0. The standard InChI is InChI=1S/C20H23NO5S2.C9H11N3O.C9H15NO.C8H13NO.C7H9F4NO.C7H13NO3/c1-17(2)20(22)21(13-15-27(23,24)18-9-5-3-6-10-18)14-16-28(25,26)19-11-7-4-8-12-19;1-3-9(13)12(7-4-5-10)8-6-11-2;1-8(2)9(11)10-6-4-3-5-7-10;1-2-8(10)9-6-4-3-5-7-9;1-2-7(13)12(3-5(8)9)4-6(10)11;1-2-7(11)8(3-5-9)4-6-10/h3-12H,1,13-16H2,2H3;3H,1,4,6-8H2;1,3-7H2,2H3;2H,1,3-7H2;2,5-6H,1,3-4H2;2,9-10H,1,3-6H2. The Kier molecular flexibility index (Phi) is 43.4. The molecule has 86 heavy (non-hydrogen) atoms. The van der Waals surface area contributed by atoms with Crippen LogP contribution in [0, 0.1) is 17.9 Å². The first-order chi connectivity index (χ1) is 40.7. The molecule has 476 valence electrons. The van der Waals surface area contributed by atoms with Crippen LogP contribution in [-0.4, -0.2) is 215 Å². The van der Waals surface area contributed by atoms with E-state index in [2.05, 4.69) is 44.3 Å². The van der Waals surface area contributed by atoms with Gasteiger partial charge in [-0.2, -0.15) is 5.26 Å². The molecule has 2 fully saturated rings. The Bertz CT molecular complexity index is 2660. The summed E-state index contributed by atoms with van der Waals surface area (Å²) in [4.78, 5) is 79.0. The molecule has 0 saturated carbocycles. The van der Waals surface area contributed by atoms with Gasteiger partial charge < -0.3 is 44.5 Å². The summed E-state index contributed by atoms with van der Waals surface area (Å²) in [6.07, 6.45) is 6.27. The van der Waals surface area contributed by atoms with Gasteiger partial charge in [-0.1, -0.05) is 75.9 Å². The van der Waals surface area contributed by atoms with Crippen LogP contribution in [0.1, 0.15) is 58.8 Å². The molecule has 0 unspecified atom stereocenters. The summed E-state index contributed by atoms with van der Waals surface area (Å²) >= 11 is 0. The molecule has 0 radical (unpaired) electrons. The number of hydrogen-bond donors (Lipinski definition) is 2. The number of carbonyl (C=O) groups excluding carboxylic acids is 6. The van der Waals surface area contributed by atoms with E-state index >= 15 is 0 Å². The van der Waals surface area contributed by atoms with Crippen LogP contribution in [-0.2, 0) is 48.4 Å². The van der Waals surface area contributed by atoms with Crippen LogP contribution in [0.4, 0.5) is 17.6 Å². The number of nitrogens with zero attached hydrogens (tertiary/aromatic N) is 8. The highest BCUT2D eigenvalue weighted by Crippen LogP contribution is 2.15. The van der Waals surface area contributed by atoms with Crippen LogP contribution >= 0.6 is 0 Å². The molecule has 2 aromatic rings. The van der Waals surface area contributed by atoms with Crippen molar-refractivity contribution in [3.63, 3.8) is 0 Å². The smallest absolute Gasteiger partial charge is 0.255 e. The third kappa shape index (κ3) is 35.5. The minimum atomic E-state index is -3.59. The molecule has 2 aliphatic rings. The molecule has 20 nitrogen and oxygen atoms in total. The van der Waals surface area contributed by atoms with Gasteiger partial charge in [0.05, 0.1) is 66.6 Å². The largest absolute Gasteiger partial charge is 0.395 e. The highest BCUT2D eigenvalue weighted by Gasteiger charge is 2.24. The fraction of sp³-hybridized carbons (Fsp3) is 0.467. The number of nitriles is 1. The lowest BCUT2D eigenvalue weighted by Gasteiger charge is -2.26. The molecule has 2 saturated heterocycles. The molecule has 0 spiro atoms. The SMILES string of the molecule is C=C(C)C(=O)N(CCS(=O)(=O)c1ccccc1)CCS(=O)(=O)c1ccccc1.C=C(C)C(=O)N1CCCCC1.C=CC(=O)N(CC(F)F)CC(F)F.C=CC(=O)N(CCO)CCO.C=CC(=O)N1CCCCC1.[C-]#[N+]CCN(CCC#N)C(=O)C=C. The summed E-state index contributed by atoms with van der Waals surface area (Å²) < 4.78 is 96.9. The van der Waals surface area contributed by atoms with E-state index < -0.39 is 57.4 Å². The number of hydrogen-bond acceptors (Lipinski definition) is 13. The minimum absolute atomic E-state index is 0.0831. The summed E-state index contributed by atoms with van der Waals surface area (Å²) in [5.41, 5.74) is 0.876. The molecule has 2 aliphatic heterocycles. The summed E-state index contributed by atoms with van der Waals surface area (Å²) in [5.74, 6) is -2.27. The Hall–Kier alpha value is -7.78. The fourth-order valence-corrected chi connectivity index (χ4v) is 9.92. The highest BCUT2D eigenvalue weighted by molar-refractivity contribution is 7.91. The minimum Gasteiger partial charge on any atom is -0.395 e. The molecule has 2 aromatic carbocycles. The summed E-state index contributed by atoms with van der Waals surface area (Å²) in [6.45, 7) is 32.9. The summed E-state index contributed by atoms with van der Waals surface area (Å²) in [7, 11) is -7.19. The van der Waals surface area contributed by atoms with Gasteiger partial charge in [-0.25, -0.2) is 41.0 Å². The molecule has 2 heterocycles. The van der Waals surface area contributed by atoms with Crippen molar-refractivity contribution in [3.8, 4) is 6.07 Å². The molecule has 4 rings (SSSR count). The van der Waals surface area contributed by atoms with Gasteiger partial charge in [-0.3, -0.25) is 28.8 Å². The zero-order valence-corrected chi connectivity index (χ0v) is 51.0. The first kappa shape index (κ1) is 80.3. The number of alkyl halides is 4. The normalized spacial score (nSPS) is 12.3. The van der Waals surface area contributed by atoms with Crippen LogP contribution in [0.25, 0.3) is 4.85 Å². The van der Waals surface area contributed by atoms with Crippen LogP contribution in [0.5, 0.6) is 0 Å². The van der Waals surface area contributed by atoms with Crippen molar-refractivity contribution in [2.45, 2.75) is 81.4 Å². The van der Waals surface area contributed by atoms with Crippen molar-refractivity contribution in [2.75, 3.05) is 110 Å². The molecular weight excluding hydrogens is 1160 g/mol. The number of aliphatic hydroxyl groups excluding tert-OH is 2. The average Bonchev–Trinajstić information content (AvgIpc) is 2.97. The van der Waals surface area contributed by atoms with Crippen molar-refractivity contribution in [3.05, 3.63) is 147 Å². The predicted molar refractivity (Wildman–Crippen MR) is 322 cm³/mol. The van der Waals surface area contributed by atoms with Gasteiger partial charge in [0.2, 0.25) is 42.0 Å². The van der Waals surface area contributed by atoms with Crippen LogP contribution in [0.2, 0.25) is 0 Å². The number of rotatable bonds is 26. The maximum atomic E-state index is 12.5. The van der Waals surface area contributed by atoms with Crippen LogP contribution < -0.4 is 0 Å². The number of benzene rings is 2. The second-order valence-corrected chi connectivity index (χ2v) is 22.8. The lowest BCUT2D eigenvalue weighted by molar-refractivity contribution is -0.130. The van der Waals surface area contributed by atoms with Crippen molar-refractivity contribution in [2.24, 2.45) is 0 Å². The van der Waals surface area contributed by atoms with E-state index in [-0.39, 0.29) is 103 Å². The molecule has 0 aliphatic carbocycles. The molecule has 0 bridgehead atoms. The Labute approximate surface area is 505 Å². The zero-order valence-electron chi connectivity index (χ0n) is 49.3. The first-order valence-electron chi connectivity index (χ1n) is 27.3. The molecule has 2 N–H and O–H groups in total. The average molecular weight is 1250 g/mol. The highest BCUT2D eigenvalue weighted by atomic mass is 32.2. The quantitative estimate of drug-likeness (QED) is 0.0584. The van der Waals surface area contributed by atoms with Gasteiger partial charge in [-0.05, 0) is 101 Å². The maximum Gasteiger partial charge on any atom is 0.255 e. The number of carbonyl (C=O) groups is 6. The van der Waals surface area contributed by atoms with Gasteiger partial charge in [0, 0.05) is 70.0 Å². The molecule has 0 atom stereocenters. The van der Waals surface area contributed by atoms with E-state index in [1.54, 1.807) is 43.3 Å². The van der Waals surface area contributed by atoms with Gasteiger partial charge in [0.1, 0.15) is 0 Å². The molecule has 26 heteroatoms. The van der Waals surface area contributed by atoms with E-state index in [0.29, 0.717) is 23.6 Å². The van der Waals surface area contributed by atoms with Crippen molar-refractivity contribution < 1.29 is 73.4 Å². The van der Waals surface area contributed by atoms with Gasteiger partial charge in [0.25, 0.3) is 12.9 Å². The van der Waals surface area contributed by atoms with E-state index in [4.69, 9.17) is 22.0 Å². The van der Waals surface area contributed by atoms with E-state index in [1.807, 2.05) is 15.9 Å². The monoisotopic (exact) mass is 1250 g/mol. The molecule has 0 aromatic heterocycles. The third-order valence-electron chi connectivity index (χ3n) is 11.9.